The molecule has 0 fully saturated rings. The lowest BCUT2D eigenvalue weighted by atomic mass is 9.90. The third-order valence-corrected chi connectivity index (χ3v) is 4.45. The van der Waals surface area contributed by atoms with Gasteiger partial charge in [-0.3, -0.25) is 0 Å². The average molecular weight is 254 g/mol. The first-order chi connectivity index (χ1) is 9.35. The van der Waals surface area contributed by atoms with Crippen molar-refractivity contribution in [1.82, 2.24) is 9.88 Å². The first kappa shape index (κ1) is 11.0. The Morgan fingerprint density at radius 2 is 2.26 bits per heavy atom. The molecule has 3 nitrogen and oxygen atoms in total. The minimum absolute atomic E-state index is 0.674. The fourth-order valence-corrected chi connectivity index (χ4v) is 3.30. The van der Waals surface area contributed by atoms with Gasteiger partial charge in [-0.15, -0.1) is 0 Å². The molecule has 0 bridgehead atoms. The molecule has 2 aliphatic rings. The van der Waals surface area contributed by atoms with Gasteiger partial charge in [0.15, 0.2) is 0 Å². The van der Waals surface area contributed by atoms with Crippen LogP contribution in [0.25, 0.3) is 10.9 Å². The molecule has 1 aromatic heterocycles. The van der Waals surface area contributed by atoms with Crippen molar-refractivity contribution in [3.8, 4) is 5.75 Å². The summed E-state index contributed by atoms with van der Waals surface area (Å²) in [4.78, 5) is 6.05. The number of aryl methyl sites for hydroxylation is 1. The van der Waals surface area contributed by atoms with Crippen LogP contribution >= 0.6 is 0 Å². The molecule has 0 saturated heterocycles. The van der Waals surface area contributed by atoms with E-state index in [4.69, 9.17) is 4.74 Å². The third-order valence-electron chi connectivity index (χ3n) is 4.45. The highest BCUT2D eigenvalue weighted by molar-refractivity contribution is 5.86. The molecule has 1 atom stereocenters. The van der Waals surface area contributed by atoms with Crippen LogP contribution in [-0.2, 0) is 12.8 Å². The molecule has 98 valence electrons. The molecule has 0 spiro atoms. The van der Waals surface area contributed by atoms with Crippen molar-refractivity contribution in [2.75, 3.05) is 13.7 Å². The normalized spacial score (nSPS) is 21.3. The summed E-state index contributed by atoms with van der Waals surface area (Å²) in [7, 11) is 1.73. The number of hydrogen-bond donors (Lipinski definition) is 1. The number of methoxy groups -OCH3 is 1. The summed E-state index contributed by atoms with van der Waals surface area (Å²) in [6.45, 7) is 1.12. The number of aromatic nitrogens is 1. The topological polar surface area (TPSA) is 28.3 Å². The van der Waals surface area contributed by atoms with Gasteiger partial charge in [-0.1, -0.05) is 0 Å². The van der Waals surface area contributed by atoms with E-state index in [0.29, 0.717) is 6.04 Å². The van der Waals surface area contributed by atoms with E-state index in [1.807, 2.05) is 6.07 Å². The first-order valence-corrected chi connectivity index (χ1v) is 6.95. The maximum Gasteiger partial charge on any atom is 0.119 e. The number of ether oxygens (including phenoxy) is 1. The lowest BCUT2D eigenvalue weighted by Gasteiger charge is -2.36. The van der Waals surface area contributed by atoms with E-state index < -0.39 is 0 Å². The standard InChI is InChI=1S/C16H18N2O/c1-19-12-4-6-15-14(10-12)13-5-3-11(9-16(13)17-15)18-7-2-8-18/h2,4,6-7,10-11,17H,3,5,8-9H2,1H3. The predicted molar refractivity (Wildman–Crippen MR) is 76.5 cm³/mol. The van der Waals surface area contributed by atoms with Crippen molar-refractivity contribution < 1.29 is 4.74 Å². The second kappa shape index (κ2) is 4.05. The van der Waals surface area contributed by atoms with E-state index in [2.05, 4.69) is 34.3 Å². The van der Waals surface area contributed by atoms with Crippen LogP contribution in [0.15, 0.2) is 30.5 Å². The van der Waals surface area contributed by atoms with E-state index in [1.165, 1.54) is 28.6 Å². The Morgan fingerprint density at radius 3 is 3.00 bits per heavy atom. The van der Waals surface area contributed by atoms with Crippen molar-refractivity contribution in [3.63, 3.8) is 0 Å². The summed E-state index contributed by atoms with van der Waals surface area (Å²) in [6.07, 6.45) is 8.00. The summed E-state index contributed by atoms with van der Waals surface area (Å²) in [5.74, 6) is 0.946. The van der Waals surface area contributed by atoms with Crippen LogP contribution in [0.1, 0.15) is 17.7 Å². The van der Waals surface area contributed by atoms with E-state index >= 15 is 0 Å². The summed E-state index contributed by atoms with van der Waals surface area (Å²) >= 11 is 0. The highest BCUT2D eigenvalue weighted by Crippen LogP contribution is 2.33. The fourth-order valence-electron chi connectivity index (χ4n) is 3.30. The Balaban J connectivity index is 1.73. The zero-order valence-corrected chi connectivity index (χ0v) is 11.1. The molecule has 4 rings (SSSR count). The van der Waals surface area contributed by atoms with Crippen LogP contribution in [0.5, 0.6) is 5.75 Å². The van der Waals surface area contributed by atoms with Crippen molar-refractivity contribution >= 4 is 10.9 Å². The lowest BCUT2D eigenvalue weighted by Crippen LogP contribution is -2.39. The van der Waals surface area contributed by atoms with Gasteiger partial charge in [-0.05, 0) is 48.9 Å². The van der Waals surface area contributed by atoms with Gasteiger partial charge in [0.25, 0.3) is 0 Å². The van der Waals surface area contributed by atoms with E-state index in [0.717, 1.165) is 25.1 Å². The number of H-pyrrole nitrogens is 1. The molecule has 1 unspecified atom stereocenters. The van der Waals surface area contributed by atoms with Crippen LogP contribution in [0.2, 0.25) is 0 Å². The third kappa shape index (κ3) is 1.65. The van der Waals surface area contributed by atoms with Crippen LogP contribution in [0.4, 0.5) is 0 Å². The first-order valence-electron chi connectivity index (χ1n) is 6.95. The maximum atomic E-state index is 5.34. The number of benzene rings is 1. The molecule has 1 aliphatic heterocycles. The van der Waals surface area contributed by atoms with E-state index in [9.17, 15) is 0 Å². The summed E-state index contributed by atoms with van der Waals surface area (Å²) in [5.41, 5.74) is 4.15. The minimum Gasteiger partial charge on any atom is -0.497 e. The number of nitrogens with one attached hydrogen (secondary N) is 1. The molecule has 1 N–H and O–H groups in total. The van der Waals surface area contributed by atoms with Crippen molar-refractivity contribution in [1.29, 1.82) is 0 Å². The number of rotatable bonds is 2. The lowest BCUT2D eigenvalue weighted by molar-refractivity contribution is 0.248. The summed E-state index contributed by atoms with van der Waals surface area (Å²) in [5, 5.41) is 1.34. The van der Waals surface area contributed by atoms with E-state index in [-0.39, 0.29) is 0 Å². The molecular formula is C16H18N2O. The second-order valence-electron chi connectivity index (χ2n) is 5.47. The van der Waals surface area contributed by atoms with Gasteiger partial charge in [0, 0.05) is 35.6 Å². The van der Waals surface area contributed by atoms with Crippen LogP contribution in [0, 0.1) is 0 Å². The molecule has 0 radical (unpaired) electrons. The van der Waals surface area contributed by atoms with Crippen LogP contribution in [-0.4, -0.2) is 29.6 Å². The molecule has 1 aliphatic carbocycles. The van der Waals surface area contributed by atoms with Gasteiger partial charge in [-0.25, -0.2) is 0 Å². The monoisotopic (exact) mass is 254 g/mol. The zero-order valence-electron chi connectivity index (χ0n) is 11.1. The smallest absolute Gasteiger partial charge is 0.119 e. The fraction of sp³-hybridized carbons (Fsp3) is 0.375. The van der Waals surface area contributed by atoms with Crippen LogP contribution < -0.4 is 4.74 Å². The van der Waals surface area contributed by atoms with Gasteiger partial charge in [0.05, 0.1) is 7.11 Å². The largest absolute Gasteiger partial charge is 0.497 e. The number of fused-ring (bicyclic) bond motifs is 3. The minimum atomic E-state index is 0.674. The maximum absolute atomic E-state index is 5.34. The summed E-state index contributed by atoms with van der Waals surface area (Å²) < 4.78 is 5.34. The highest BCUT2D eigenvalue weighted by atomic mass is 16.5. The molecule has 2 aromatic rings. The Hall–Kier alpha value is -1.90. The SMILES string of the molecule is COc1ccc2[nH]c3c(c2c1)CCC(N1C=CC1)C3. The number of hydrogen-bond acceptors (Lipinski definition) is 2. The Bertz CT molecular complexity index is 656. The number of nitrogens with zero attached hydrogens (tertiary/aromatic N) is 1. The predicted octanol–water partition coefficient (Wildman–Crippen LogP) is 2.86. The number of aromatic amines is 1. The Morgan fingerprint density at radius 1 is 1.37 bits per heavy atom. The molecule has 0 amide bonds. The van der Waals surface area contributed by atoms with Gasteiger partial charge in [-0.2, -0.15) is 0 Å². The molecule has 1 aromatic carbocycles. The zero-order chi connectivity index (χ0) is 12.8. The second-order valence-corrected chi connectivity index (χ2v) is 5.47. The van der Waals surface area contributed by atoms with Gasteiger partial charge >= 0.3 is 0 Å². The van der Waals surface area contributed by atoms with E-state index in [1.54, 1.807) is 7.11 Å². The van der Waals surface area contributed by atoms with Crippen molar-refractivity contribution in [3.05, 3.63) is 41.7 Å². The molecule has 19 heavy (non-hydrogen) atoms. The quantitative estimate of drug-likeness (QED) is 0.892. The van der Waals surface area contributed by atoms with Crippen LogP contribution in [0.3, 0.4) is 0 Å². The Labute approximate surface area is 112 Å². The average Bonchev–Trinajstić information content (AvgIpc) is 2.73. The van der Waals surface area contributed by atoms with Gasteiger partial charge in [0.1, 0.15) is 5.75 Å². The molecule has 0 saturated carbocycles. The highest BCUT2D eigenvalue weighted by Gasteiger charge is 2.26. The van der Waals surface area contributed by atoms with Gasteiger partial charge in [0.2, 0.25) is 0 Å². The van der Waals surface area contributed by atoms with Crippen molar-refractivity contribution in [2.24, 2.45) is 0 Å². The molecule has 3 heteroatoms. The Kier molecular flexibility index (Phi) is 2.34. The van der Waals surface area contributed by atoms with Crippen molar-refractivity contribution in [2.45, 2.75) is 25.3 Å². The van der Waals surface area contributed by atoms with Gasteiger partial charge < -0.3 is 14.6 Å². The molecule has 2 heterocycles. The molecular weight excluding hydrogens is 236 g/mol. The summed E-state index contributed by atoms with van der Waals surface area (Å²) in [6, 6.07) is 6.99.